The largest absolute Gasteiger partial charge is 0.318 e. The SMILES string of the molecule is Cc1csc(C(N)c2ccc(F)c(F)c2)n1. The molecule has 2 nitrogen and oxygen atoms in total. The molecule has 0 aliphatic heterocycles. The van der Waals surface area contributed by atoms with E-state index in [2.05, 4.69) is 4.98 Å². The van der Waals surface area contributed by atoms with E-state index in [1.165, 1.54) is 17.4 Å². The van der Waals surface area contributed by atoms with Gasteiger partial charge in [-0.1, -0.05) is 6.07 Å². The number of nitrogens with zero attached hydrogens (tertiary/aromatic N) is 1. The third-order valence-electron chi connectivity index (χ3n) is 2.21. The Bertz CT molecular complexity index is 510. The standard InChI is InChI=1S/C11H10F2N2S/c1-6-5-16-11(15-6)10(14)7-2-3-8(12)9(13)4-7/h2-5,10H,14H2,1H3. The first-order chi connectivity index (χ1) is 7.58. The van der Waals surface area contributed by atoms with Gasteiger partial charge in [-0.15, -0.1) is 11.3 Å². The summed E-state index contributed by atoms with van der Waals surface area (Å²) in [6.45, 7) is 1.86. The summed E-state index contributed by atoms with van der Waals surface area (Å²) < 4.78 is 25.8. The molecule has 1 aromatic carbocycles. The van der Waals surface area contributed by atoms with Gasteiger partial charge in [-0.25, -0.2) is 13.8 Å². The molecule has 0 amide bonds. The van der Waals surface area contributed by atoms with Crippen molar-refractivity contribution in [3.63, 3.8) is 0 Å². The van der Waals surface area contributed by atoms with Gasteiger partial charge in [-0.2, -0.15) is 0 Å². The number of aryl methyl sites for hydroxylation is 1. The summed E-state index contributed by atoms with van der Waals surface area (Å²) in [5.74, 6) is -1.76. The fourth-order valence-corrected chi connectivity index (χ4v) is 2.19. The van der Waals surface area contributed by atoms with Gasteiger partial charge in [0.1, 0.15) is 5.01 Å². The molecule has 2 rings (SSSR count). The maximum Gasteiger partial charge on any atom is 0.159 e. The Morgan fingerprint density at radius 3 is 2.62 bits per heavy atom. The van der Waals surface area contributed by atoms with E-state index in [1.54, 1.807) is 0 Å². The van der Waals surface area contributed by atoms with Gasteiger partial charge in [0.05, 0.1) is 6.04 Å². The first-order valence-corrected chi connectivity index (χ1v) is 5.58. The number of thiazole rings is 1. The average molecular weight is 240 g/mol. The Morgan fingerprint density at radius 2 is 2.06 bits per heavy atom. The zero-order valence-corrected chi connectivity index (χ0v) is 9.39. The second-order valence-electron chi connectivity index (χ2n) is 3.48. The van der Waals surface area contributed by atoms with Gasteiger partial charge in [-0.3, -0.25) is 0 Å². The van der Waals surface area contributed by atoms with E-state index in [-0.39, 0.29) is 0 Å². The average Bonchev–Trinajstić information content (AvgIpc) is 2.68. The number of benzene rings is 1. The summed E-state index contributed by atoms with van der Waals surface area (Å²) in [7, 11) is 0. The fraction of sp³-hybridized carbons (Fsp3) is 0.182. The zero-order chi connectivity index (χ0) is 11.7. The van der Waals surface area contributed by atoms with Crippen LogP contribution in [0.15, 0.2) is 23.6 Å². The maximum absolute atomic E-state index is 13.0. The highest BCUT2D eigenvalue weighted by atomic mass is 32.1. The number of rotatable bonds is 2. The Kier molecular flexibility index (Phi) is 2.98. The molecule has 1 atom stereocenters. The van der Waals surface area contributed by atoms with Crippen LogP contribution in [0.4, 0.5) is 8.78 Å². The fourth-order valence-electron chi connectivity index (χ4n) is 1.36. The first kappa shape index (κ1) is 11.2. The van der Waals surface area contributed by atoms with Gasteiger partial charge in [0, 0.05) is 11.1 Å². The number of aromatic nitrogens is 1. The predicted molar refractivity (Wildman–Crippen MR) is 59.2 cm³/mol. The highest BCUT2D eigenvalue weighted by Crippen LogP contribution is 2.23. The molecule has 1 unspecified atom stereocenters. The van der Waals surface area contributed by atoms with Crippen LogP contribution in [0.1, 0.15) is 22.3 Å². The van der Waals surface area contributed by atoms with Gasteiger partial charge in [-0.05, 0) is 24.6 Å². The molecule has 2 N–H and O–H groups in total. The van der Waals surface area contributed by atoms with Crippen LogP contribution in [0.2, 0.25) is 0 Å². The molecule has 0 bridgehead atoms. The Morgan fingerprint density at radius 1 is 1.31 bits per heavy atom. The Hall–Kier alpha value is -1.33. The van der Waals surface area contributed by atoms with Crippen LogP contribution in [-0.4, -0.2) is 4.98 Å². The van der Waals surface area contributed by atoms with E-state index >= 15 is 0 Å². The normalized spacial score (nSPS) is 12.8. The van der Waals surface area contributed by atoms with Gasteiger partial charge in [0.15, 0.2) is 11.6 Å². The lowest BCUT2D eigenvalue weighted by Gasteiger charge is -2.08. The lowest BCUT2D eigenvalue weighted by molar-refractivity contribution is 0.506. The summed E-state index contributed by atoms with van der Waals surface area (Å²) in [6.07, 6.45) is 0. The van der Waals surface area contributed by atoms with Crippen molar-refractivity contribution in [3.8, 4) is 0 Å². The molecule has 16 heavy (non-hydrogen) atoms. The van der Waals surface area contributed by atoms with Gasteiger partial charge in [0.2, 0.25) is 0 Å². The third kappa shape index (κ3) is 2.10. The highest BCUT2D eigenvalue weighted by Gasteiger charge is 2.14. The van der Waals surface area contributed by atoms with Crippen molar-refractivity contribution in [2.75, 3.05) is 0 Å². The van der Waals surface area contributed by atoms with Crippen molar-refractivity contribution in [2.45, 2.75) is 13.0 Å². The Labute approximate surface area is 95.7 Å². The van der Waals surface area contributed by atoms with Gasteiger partial charge in [0.25, 0.3) is 0 Å². The lowest BCUT2D eigenvalue weighted by Crippen LogP contribution is -2.12. The molecule has 0 saturated carbocycles. The molecule has 0 saturated heterocycles. The molecule has 1 heterocycles. The van der Waals surface area contributed by atoms with E-state index in [4.69, 9.17) is 5.73 Å². The van der Waals surface area contributed by atoms with E-state index in [0.717, 1.165) is 17.8 Å². The monoisotopic (exact) mass is 240 g/mol. The quantitative estimate of drug-likeness (QED) is 0.876. The van der Waals surface area contributed by atoms with Crippen LogP contribution >= 0.6 is 11.3 Å². The number of halogens is 2. The molecule has 0 radical (unpaired) electrons. The van der Waals surface area contributed by atoms with Crippen molar-refractivity contribution in [3.05, 3.63) is 51.5 Å². The van der Waals surface area contributed by atoms with Crippen LogP contribution in [0.3, 0.4) is 0 Å². The van der Waals surface area contributed by atoms with Crippen molar-refractivity contribution in [1.29, 1.82) is 0 Å². The molecule has 0 fully saturated rings. The number of nitrogens with two attached hydrogens (primary N) is 1. The van der Waals surface area contributed by atoms with Crippen molar-refractivity contribution in [1.82, 2.24) is 4.98 Å². The molecule has 84 valence electrons. The molecule has 2 aromatic rings. The maximum atomic E-state index is 13.0. The van der Waals surface area contributed by atoms with Crippen LogP contribution < -0.4 is 5.73 Å². The molecule has 0 spiro atoms. The van der Waals surface area contributed by atoms with Crippen LogP contribution in [0.25, 0.3) is 0 Å². The van der Waals surface area contributed by atoms with Gasteiger partial charge < -0.3 is 5.73 Å². The van der Waals surface area contributed by atoms with Gasteiger partial charge >= 0.3 is 0 Å². The van der Waals surface area contributed by atoms with Crippen molar-refractivity contribution in [2.24, 2.45) is 5.73 Å². The number of hydrogen-bond donors (Lipinski definition) is 1. The minimum atomic E-state index is -0.888. The summed E-state index contributed by atoms with van der Waals surface area (Å²) in [5, 5.41) is 2.57. The predicted octanol–water partition coefficient (Wildman–Crippen LogP) is 2.78. The van der Waals surface area contributed by atoms with Crippen LogP contribution in [0.5, 0.6) is 0 Å². The van der Waals surface area contributed by atoms with Crippen molar-refractivity contribution < 1.29 is 8.78 Å². The topological polar surface area (TPSA) is 38.9 Å². The third-order valence-corrected chi connectivity index (χ3v) is 3.25. The minimum Gasteiger partial charge on any atom is -0.318 e. The smallest absolute Gasteiger partial charge is 0.159 e. The van der Waals surface area contributed by atoms with E-state index < -0.39 is 17.7 Å². The molecular formula is C11H10F2N2S. The highest BCUT2D eigenvalue weighted by molar-refractivity contribution is 7.09. The summed E-state index contributed by atoms with van der Waals surface area (Å²) in [4.78, 5) is 4.22. The van der Waals surface area contributed by atoms with E-state index in [1.807, 2.05) is 12.3 Å². The molecule has 5 heteroatoms. The summed E-state index contributed by atoms with van der Waals surface area (Å²) in [6, 6.07) is 3.15. The second-order valence-corrected chi connectivity index (χ2v) is 4.37. The first-order valence-electron chi connectivity index (χ1n) is 4.70. The molecular weight excluding hydrogens is 230 g/mol. The Balaban J connectivity index is 2.33. The number of hydrogen-bond acceptors (Lipinski definition) is 3. The van der Waals surface area contributed by atoms with Crippen molar-refractivity contribution >= 4 is 11.3 Å². The lowest BCUT2D eigenvalue weighted by atomic mass is 10.1. The van der Waals surface area contributed by atoms with Crippen LogP contribution in [0, 0.1) is 18.6 Å². The molecule has 1 aromatic heterocycles. The zero-order valence-electron chi connectivity index (χ0n) is 8.58. The summed E-state index contributed by atoms with van der Waals surface area (Å²) in [5.41, 5.74) is 7.30. The molecule has 0 aliphatic carbocycles. The minimum absolute atomic E-state index is 0.506. The van der Waals surface area contributed by atoms with Crippen LogP contribution in [-0.2, 0) is 0 Å². The second kappa shape index (κ2) is 4.27. The molecule has 0 aliphatic rings. The van der Waals surface area contributed by atoms with E-state index in [9.17, 15) is 8.78 Å². The van der Waals surface area contributed by atoms with E-state index in [0.29, 0.717) is 10.6 Å². The summed E-state index contributed by atoms with van der Waals surface area (Å²) >= 11 is 1.41.